The minimum Gasteiger partial charge on any atom is -0.400 e. The minimum atomic E-state index is -0.500. The average Bonchev–Trinajstić information content (AvgIpc) is 2.75. The highest BCUT2D eigenvalue weighted by Gasteiger charge is 2.18. The van der Waals surface area contributed by atoms with Gasteiger partial charge in [0, 0.05) is 42.8 Å². The van der Waals surface area contributed by atoms with Gasteiger partial charge >= 0.3 is 0 Å². The smallest absolute Gasteiger partial charge is 0.258 e. The molecular formula is C26H32FNO4. The number of aromatic nitrogens is 1. The number of nitrogens with zero attached hydrogens (tertiary/aromatic N) is 1. The fourth-order valence-electron chi connectivity index (χ4n) is 2.96. The van der Waals surface area contributed by atoms with Crippen LogP contribution < -0.4 is 5.56 Å². The monoisotopic (exact) mass is 441 g/mol. The SMILES string of the molecule is C#C.CC(C)(C)O.CO.Cc1ccc(-c2c(CC=O)n(C)c(=O)c3ccccc23)c(F)c1. The van der Waals surface area contributed by atoms with Crippen LogP contribution in [0.2, 0.25) is 0 Å². The molecule has 0 aliphatic carbocycles. The van der Waals surface area contributed by atoms with Crippen molar-refractivity contribution >= 4 is 17.1 Å². The molecule has 0 saturated carbocycles. The Morgan fingerprint density at radius 3 is 2.03 bits per heavy atom. The Bertz CT molecular complexity index is 1100. The number of aliphatic hydroxyl groups excluding tert-OH is 1. The van der Waals surface area contributed by atoms with Crippen molar-refractivity contribution < 1.29 is 19.4 Å². The Morgan fingerprint density at radius 1 is 1.06 bits per heavy atom. The molecule has 3 rings (SSSR count). The van der Waals surface area contributed by atoms with Crippen molar-refractivity contribution in [2.24, 2.45) is 7.05 Å². The van der Waals surface area contributed by atoms with Crippen LogP contribution in [0.4, 0.5) is 4.39 Å². The number of benzene rings is 2. The van der Waals surface area contributed by atoms with Crippen LogP contribution in [0.15, 0.2) is 47.3 Å². The van der Waals surface area contributed by atoms with Gasteiger partial charge in [-0.3, -0.25) is 4.79 Å². The first kappa shape index (κ1) is 28.7. The van der Waals surface area contributed by atoms with Crippen LogP contribution in [0.3, 0.4) is 0 Å². The molecule has 2 aromatic carbocycles. The molecule has 3 aromatic rings. The van der Waals surface area contributed by atoms with Gasteiger partial charge in [-0.05, 0) is 50.8 Å². The summed E-state index contributed by atoms with van der Waals surface area (Å²) in [7, 11) is 2.61. The van der Waals surface area contributed by atoms with Crippen molar-refractivity contribution in [2.45, 2.75) is 39.7 Å². The van der Waals surface area contributed by atoms with E-state index in [9.17, 15) is 14.0 Å². The van der Waals surface area contributed by atoms with Gasteiger partial charge in [0.15, 0.2) is 0 Å². The zero-order chi connectivity index (χ0) is 25.1. The summed E-state index contributed by atoms with van der Waals surface area (Å²) in [6, 6.07) is 12.1. The molecule has 0 aliphatic heterocycles. The van der Waals surface area contributed by atoms with Crippen molar-refractivity contribution in [1.29, 1.82) is 0 Å². The highest BCUT2D eigenvalue weighted by atomic mass is 19.1. The number of pyridine rings is 1. The van der Waals surface area contributed by atoms with Crippen molar-refractivity contribution in [3.8, 4) is 24.0 Å². The molecule has 32 heavy (non-hydrogen) atoms. The third kappa shape index (κ3) is 7.77. The van der Waals surface area contributed by atoms with Crippen molar-refractivity contribution in [1.82, 2.24) is 4.57 Å². The van der Waals surface area contributed by atoms with Crippen LogP contribution in [0, 0.1) is 25.6 Å². The molecule has 0 saturated heterocycles. The van der Waals surface area contributed by atoms with E-state index < -0.39 is 5.60 Å². The van der Waals surface area contributed by atoms with Crippen molar-refractivity contribution in [3.05, 3.63) is 69.9 Å². The first-order valence-corrected chi connectivity index (χ1v) is 9.85. The summed E-state index contributed by atoms with van der Waals surface area (Å²) in [4.78, 5) is 23.6. The lowest BCUT2D eigenvalue weighted by Gasteiger charge is -2.16. The molecule has 0 radical (unpaired) electrons. The Labute approximate surface area is 189 Å². The number of halogens is 1. The lowest BCUT2D eigenvalue weighted by molar-refractivity contribution is -0.107. The molecule has 0 atom stereocenters. The van der Waals surface area contributed by atoms with E-state index in [4.69, 9.17) is 10.2 Å². The predicted octanol–water partition coefficient (Wildman–Crippen LogP) is 4.03. The van der Waals surface area contributed by atoms with Gasteiger partial charge in [-0.25, -0.2) is 4.39 Å². The third-order valence-corrected chi connectivity index (χ3v) is 4.10. The zero-order valence-electron chi connectivity index (χ0n) is 19.5. The maximum Gasteiger partial charge on any atom is 0.258 e. The van der Waals surface area contributed by atoms with E-state index in [1.807, 2.05) is 19.1 Å². The highest BCUT2D eigenvalue weighted by Crippen LogP contribution is 2.32. The van der Waals surface area contributed by atoms with Crippen LogP contribution in [0.25, 0.3) is 21.9 Å². The van der Waals surface area contributed by atoms with E-state index in [1.54, 1.807) is 52.1 Å². The van der Waals surface area contributed by atoms with E-state index in [2.05, 4.69) is 12.8 Å². The van der Waals surface area contributed by atoms with Crippen LogP contribution in [0.5, 0.6) is 0 Å². The number of terminal acetylenes is 1. The lowest BCUT2D eigenvalue weighted by atomic mass is 9.94. The first-order chi connectivity index (χ1) is 15.0. The van der Waals surface area contributed by atoms with Gasteiger partial charge < -0.3 is 19.6 Å². The topological polar surface area (TPSA) is 79.5 Å². The quantitative estimate of drug-likeness (QED) is 0.475. The number of hydrogen-bond acceptors (Lipinski definition) is 4. The molecule has 0 aliphatic rings. The summed E-state index contributed by atoms with van der Waals surface area (Å²) < 4.78 is 16.0. The van der Waals surface area contributed by atoms with Gasteiger partial charge in [-0.1, -0.05) is 30.3 Å². The fourth-order valence-corrected chi connectivity index (χ4v) is 2.96. The highest BCUT2D eigenvalue weighted by molar-refractivity contribution is 5.98. The van der Waals surface area contributed by atoms with Crippen molar-refractivity contribution in [3.63, 3.8) is 0 Å². The first-order valence-electron chi connectivity index (χ1n) is 9.85. The van der Waals surface area contributed by atoms with E-state index in [0.717, 1.165) is 19.0 Å². The number of aldehydes is 1. The Balaban J connectivity index is 0.000000928. The Morgan fingerprint density at radius 2 is 1.56 bits per heavy atom. The Hall–Kier alpha value is -3.27. The molecule has 6 heteroatoms. The summed E-state index contributed by atoms with van der Waals surface area (Å²) >= 11 is 0. The molecule has 0 bridgehead atoms. The van der Waals surface area contributed by atoms with Gasteiger partial charge in [0.1, 0.15) is 12.1 Å². The molecule has 0 unspecified atom stereocenters. The van der Waals surface area contributed by atoms with Crippen LogP contribution in [0.1, 0.15) is 32.0 Å². The average molecular weight is 442 g/mol. The molecule has 1 heterocycles. The summed E-state index contributed by atoms with van der Waals surface area (Å²) in [6.45, 7) is 7.05. The standard InChI is InChI=1S/C19H16FNO2.C4H10O.C2H2.CH4O/c1-12-7-8-15(16(20)11-12)18-13-5-3-4-6-14(13)19(23)21(2)17(18)9-10-22;1-4(2,3)5;2*1-2/h3-8,10-11H,9H2,1-2H3;5H,1-3H3;1-2H;2H,1H3. The third-order valence-electron chi connectivity index (χ3n) is 4.10. The molecule has 0 fully saturated rings. The van der Waals surface area contributed by atoms with E-state index >= 15 is 0 Å². The summed E-state index contributed by atoms with van der Waals surface area (Å²) in [5, 5.41) is 16.7. The van der Waals surface area contributed by atoms with Gasteiger partial charge in [-0.2, -0.15) is 0 Å². The second-order valence-electron chi connectivity index (χ2n) is 7.76. The normalized spacial score (nSPS) is 9.97. The number of carbonyl (C=O) groups excluding carboxylic acids is 1. The number of hydrogen-bond donors (Lipinski definition) is 2. The van der Waals surface area contributed by atoms with Crippen molar-refractivity contribution in [2.75, 3.05) is 7.11 Å². The minimum absolute atomic E-state index is 0.0548. The largest absolute Gasteiger partial charge is 0.400 e. The van der Waals surface area contributed by atoms with Gasteiger partial charge in [0.25, 0.3) is 5.56 Å². The van der Waals surface area contributed by atoms with Crippen LogP contribution in [-0.4, -0.2) is 33.8 Å². The summed E-state index contributed by atoms with van der Waals surface area (Å²) in [6.07, 6.45) is 8.79. The number of rotatable bonds is 3. The number of fused-ring (bicyclic) bond motifs is 1. The molecular weight excluding hydrogens is 409 g/mol. The maximum absolute atomic E-state index is 14.5. The molecule has 0 spiro atoms. The lowest BCUT2D eigenvalue weighted by Crippen LogP contribution is -2.22. The fraction of sp³-hybridized carbons (Fsp3) is 0.308. The maximum atomic E-state index is 14.5. The number of aliphatic hydroxyl groups is 2. The van der Waals surface area contributed by atoms with Crippen LogP contribution >= 0.6 is 0 Å². The van der Waals surface area contributed by atoms with Crippen LogP contribution in [-0.2, 0) is 18.3 Å². The number of aryl methyl sites for hydroxylation is 1. The van der Waals surface area contributed by atoms with E-state index in [1.165, 1.54) is 10.6 Å². The predicted molar refractivity (Wildman–Crippen MR) is 129 cm³/mol. The van der Waals surface area contributed by atoms with Gasteiger partial charge in [0.05, 0.1) is 5.60 Å². The van der Waals surface area contributed by atoms with E-state index in [-0.39, 0.29) is 17.8 Å². The van der Waals surface area contributed by atoms with Gasteiger partial charge in [-0.15, -0.1) is 12.8 Å². The molecule has 2 N–H and O–H groups in total. The summed E-state index contributed by atoms with van der Waals surface area (Å²) in [5.41, 5.74) is 1.66. The second-order valence-corrected chi connectivity index (χ2v) is 7.76. The molecule has 0 amide bonds. The number of carbonyl (C=O) groups is 1. The molecule has 5 nitrogen and oxygen atoms in total. The second kappa shape index (κ2) is 13.2. The van der Waals surface area contributed by atoms with Gasteiger partial charge in [0.2, 0.25) is 0 Å². The zero-order valence-corrected chi connectivity index (χ0v) is 19.5. The molecule has 172 valence electrons. The summed E-state index contributed by atoms with van der Waals surface area (Å²) in [5.74, 6) is -0.360. The molecule has 1 aromatic heterocycles. The van der Waals surface area contributed by atoms with E-state index in [0.29, 0.717) is 27.6 Å². The Kier molecular flexibility index (Phi) is 11.9.